The van der Waals surface area contributed by atoms with Gasteiger partial charge in [0.15, 0.2) is 18.5 Å². The first kappa shape index (κ1) is 8.67. The lowest BCUT2D eigenvalue weighted by Gasteiger charge is -1.88. The highest BCUT2D eigenvalue weighted by atomic mass is 14.9. The summed E-state index contributed by atoms with van der Waals surface area (Å²) in [5.74, 6) is 1.98. The summed E-state index contributed by atoms with van der Waals surface area (Å²) >= 11 is 0. The SMILES string of the molecule is N#CC(=C=N)[n+]1cccc(C#N)c1. The molecule has 0 bridgehead atoms. The summed E-state index contributed by atoms with van der Waals surface area (Å²) in [6.45, 7) is 0. The molecular formula is C9H5N4+. The third-order valence-corrected chi connectivity index (χ3v) is 1.41. The molecule has 1 aromatic heterocycles. The molecule has 1 N–H and O–H groups in total. The molecule has 0 aromatic carbocycles. The number of nitrogens with one attached hydrogen (secondary N) is 1. The van der Waals surface area contributed by atoms with Crippen LogP contribution in [0, 0.1) is 28.1 Å². The summed E-state index contributed by atoms with van der Waals surface area (Å²) in [7, 11) is 0. The molecular weight excluding hydrogens is 164 g/mol. The molecule has 0 aliphatic rings. The van der Waals surface area contributed by atoms with Gasteiger partial charge in [-0.3, -0.25) is 5.41 Å². The van der Waals surface area contributed by atoms with Crippen LogP contribution in [0.25, 0.3) is 5.70 Å². The first-order valence-corrected chi connectivity index (χ1v) is 3.43. The predicted molar refractivity (Wildman–Crippen MR) is 44.4 cm³/mol. The highest BCUT2D eigenvalue weighted by molar-refractivity contribution is 5.80. The molecule has 0 fully saturated rings. The van der Waals surface area contributed by atoms with E-state index in [1.807, 2.05) is 11.9 Å². The second-order valence-electron chi connectivity index (χ2n) is 2.20. The Morgan fingerprint density at radius 1 is 1.46 bits per heavy atom. The molecule has 0 radical (unpaired) electrons. The van der Waals surface area contributed by atoms with E-state index in [4.69, 9.17) is 15.9 Å². The molecule has 0 aliphatic heterocycles. The fourth-order valence-electron chi connectivity index (χ4n) is 0.831. The molecule has 1 aromatic rings. The van der Waals surface area contributed by atoms with Crippen molar-refractivity contribution in [2.24, 2.45) is 0 Å². The maximum absolute atomic E-state index is 8.57. The number of nitriles is 2. The number of hydrogen-bond donors (Lipinski definition) is 1. The van der Waals surface area contributed by atoms with Gasteiger partial charge in [-0.15, -0.1) is 4.57 Å². The van der Waals surface area contributed by atoms with Gasteiger partial charge < -0.3 is 0 Å². The third kappa shape index (κ3) is 1.78. The van der Waals surface area contributed by atoms with E-state index in [9.17, 15) is 0 Å². The van der Waals surface area contributed by atoms with Crippen LogP contribution in [0.3, 0.4) is 0 Å². The topological polar surface area (TPSA) is 75.3 Å². The van der Waals surface area contributed by atoms with Crippen LogP contribution in [0.2, 0.25) is 0 Å². The Labute approximate surface area is 75.1 Å². The van der Waals surface area contributed by atoms with Crippen LogP contribution in [0.15, 0.2) is 24.5 Å². The molecule has 4 nitrogen and oxygen atoms in total. The van der Waals surface area contributed by atoms with Gasteiger partial charge in [-0.1, -0.05) is 0 Å². The lowest BCUT2D eigenvalue weighted by atomic mass is 10.3. The van der Waals surface area contributed by atoms with Gasteiger partial charge in [0.05, 0.1) is 5.87 Å². The summed E-state index contributed by atoms with van der Waals surface area (Å²) in [5.41, 5.74) is 0.489. The van der Waals surface area contributed by atoms with Crippen molar-refractivity contribution in [3.63, 3.8) is 0 Å². The zero-order valence-corrected chi connectivity index (χ0v) is 6.65. The van der Waals surface area contributed by atoms with Crippen molar-refractivity contribution in [1.29, 1.82) is 15.9 Å². The van der Waals surface area contributed by atoms with Crippen LogP contribution >= 0.6 is 0 Å². The molecule has 0 spiro atoms. The number of aromatic nitrogens is 1. The van der Waals surface area contributed by atoms with Crippen LogP contribution < -0.4 is 4.57 Å². The summed E-state index contributed by atoms with van der Waals surface area (Å²) in [4.78, 5) is 0. The van der Waals surface area contributed by atoms with E-state index in [-0.39, 0.29) is 5.70 Å². The number of allylic oxidation sites excluding steroid dienone is 1. The fourth-order valence-corrected chi connectivity index (χ4v) is 0.831. The Morgan fingerprint density at radius 3 is 2.77 bits per heavy atom. The molecule has 0 unspecified atom stereocenters. The summed E-state index contributed by atoms with van der Waals surface area (Å²) in [6, 6.07) is 6.98. The van der Waals surface area contributed by atoms with E-state index in [0.717, 1.165) is 0 Å². The van der Waals surface area contributed by atoms with Crippen molar-refractivity contribution < 1.29 is 4.57 Å². The summed E-state index contributed by atoms with van der Waals surface area (Å²) in [6.07, 6.45) is 3.06. The van der Waals surface area contributed by atoms with Crippen molar-refractivity contribution in [3.05, 3.63) is 30.1 Å². The minimum absolute atomic E-state index is 0.0529. The Morgan fingerprint density at radius 2 is 2.23 bits per heavy atom. The molecule has 0 saturated carbocycles. The molecule has 1 rings (SSSR count). The molecule has 0 atom stereocenters. The Hall–Kier alpha value is -2.42. The van der Waals surface area contributed by atoms with E-state index < -0.39 is 0 Å². The molecule has 13 heavy (non-hydrogen) atoms. The van der Waals surface area contributed by atoms with Crippen LogP contribution in [0.5, 0.6) is 0 Å². The zero-order valence-electron chi connectivity index (χ0n) is 6.65. The predicted octanol–water partition coefficient (Wildman–Crippen LogP) is 0.459. The molecule has 0 amide bonds. The van der Waals surface area contributed by atoms with Crippen molar-refractivity contribution in [1.82, 2.24) is 0 Å². The lowest BCUT2D eigenvalue weighted by Crippen LogP contribution is -2.31. The normalized spacial score (nSPS) is 7.85. The van der Waals surface area contributed by atoms with Crippen LogP contribution in [0.4, 0.5) is 0 Å². The summed E-state index contributed by atoms with van der Waals surface area (Å²) < 4.78 is 1.38. The lowest BCUT2D eigenvalue weighted by molar-refractivity contribution is -0.576. The monoisotopic (exact) mass is 169 g/mol. The van der Waals surface area contributed by atoms with Crippen LogP contribution in [-0.2, 0) is 0 Å². The van der Waals surface area contributed by atoms with Crippen molar-refractivity contribution in [2.75, 3.05) is 0 Å². The van der Waals surface area contributed by atoms with E-state index in [0.29, 0.717) is 5.56 Å². The number of nitrogens with zero attached hydrogens (tertiary/aromatic N) is 3. The maximum atomic E-state index is 8.57. The minimum Gasteiger partial charge on any atom is -0.252 e. The van der Waals surface area contributed by atoms with Gasteiger partial charge >= 0.3 is 5.70 Å². The van der Waals surface area contributed by atoms with Gasteiger partial charge in [0.2, 0.25) is 0 Å². The molecule has 0 aliphatic carbocycles. The first-order valence-electron chi connectivity index (χ1n) is 3.43. The standard InChI is InChI=1S/C9H5N4/c10-4-8-2-1-3-13(7-8)9(5-11)6-12/h1-3,7,11H/q+1. The second kappa shape index (κ2) is 3.82. The molecule has 1 heterocycles. The minimum atomic E-state index is 0.0529. The van der Waals surface area contributed by atoms with Gasteiger partial charge in [0.25, 0.3) is 0 Å². The first-order chi connectivity index (χ1) is 6.31. The molecule has 4 heteroatoms. The largest absolute Gasteiger partial charge is 0.351 e. The van der Waals surface area contributed by atoms with Gasteiger partial charge in [0, 0.05) is 6.07 Å². The van der Waals surface area contributed by atoms with E-state index >= 15 is 0 Å². The van der Waals surface area contributed by atoms with Gasteiger partial charge in [-0.05, 0) is 6.07 Å². The average Bonchev–Trinajstić information content (AvgIpc) is 2.20. The van der Waals surface area contributed by atoms with Crippen LogP contribution in [-0.4, -0.2) is 5.87 Å². The molecule has 0 saturated heterocycles. The van der Waals surface area contributed by atoms with Crippen molar-refractivity contribution in [3.8, 4) is 12.1 Å². The number of rotatable bonds is 1. The fraction of sp³-hybridized carbons (Fsp3) is 0. The van der Waals surface area contributed by atoms with E-state index in [2.05, 4.69) is 0 Å². The van der Waals surface area contributed by atoms with E-state index in [1.165, 1.54) is 10.8 Å². The van der Waals surface area contributed by atoms with Crippen molar-refractivity contribution in [2.45, 2.75) is 0 Å². The maximum Gasteiger partial charge on any atom is 0.351 e. The van der Waals surface area contributed by atoms with Crippen LogP contribution in [0.1, 0.15) is 5.56 Å². The highest BCUT2D eigenvalue weighted by Crippen LogP contribution is 1.92. The smallest absolute Gasteiger partial charge is 0.252 e. The Kier molecular flexibility index (Phi) is 2.55. The van der Waals surface area contributed by atoms with Crippen molar-refractivity contribution >= 4 is 11.6 Å². The Bertz CT molecular complexity index is 455. The quantitative estimate of drug-likeness (QED) is 0.376. The van der Waals surface area contributed by atoms with Gasteiger partial charge in [0.1, 0.15) is 11.6 Å². The Balaban J connectivity index is 3.27. The zero-order chi connectivity index (χ0) is 9.68. The average molecular weight is 169 g/mol. The number of hydrogen-bond acceptors (Lipinski definition) is 3. The van der Waals surface area contributed by atoms with E-state index in [1.54, 1.807) is 24.4 Å². The third-order valence-electron chi connectivity index (χ3n) is 1.41. The van der Waals surface area contributed by atoms with Gasteiger partial charge in [-0.2, -0.15) is 10.5 Å². The summed E-state index contributed by atoms with van der Waals surface area (Å²) in [5, 5.41) is 23.9. The number of pyridine rings is 1. The van der Waals surface area contributed by atoms with Gasteiger partial charge in [-0.25, -0.2) is 0 Å². The molecule has 60 valence electrons. The second-order valence-corrected chi connectivity index (χ2v) is 2.20. The highest BCUT2D eigenvalue weighted by Gasteiger charge is 2.08.